The lowest BCUT2D eigenvalue weighted by Gasteiger charge is -2.12. The summed E-state index contributed by atoms with van der Waals surface area (Å²) >= 11 is 12.1. The maximum atomic E-state index is 11.4. The Morgan fingerprint density at radius 2 is 1.86 bits per heavy atom. The molecule has 2 aromatic carbocycles. The summed E-state index contributed by atoms with van der Waals surface area (Å²) in [5, 5.41) is 1.59. The van der Waals surface area contributed by atoms with Crippen LogP contribution in [-0.2, 0) is 9.59 Å². The van der Waals surface area contributed by atoms with Crippen molar-refractivity contribution in [2.75, 3.05) is 0 Å². The van der Waals surface area contributed by atoms with Crippen LogP contribution in [0.15, 0.2) is 36.9 Å². The fourth-order valence-corrected chi connectivity index (χ4v) is 2.20. The molecule has 6 heteroatoms. The van der Waals surface area contributed by atoms with Gasteiger partial charge in [-0.15, -0.1) is 0 Å². The third kappa shape index (κ3) is 3.35. The third-order valence-corrected chi connectivity index (χ3v) is 3.11. The number of carbonyl (C=O) groups is 2. The van der Waals surface area contributed by atoms with Gasteiger partial charge in [0, 0.05) is 34.9 Å². The fourth-order valence-electron chi connectivity index (χ4n) is 1.79. The van der Waals surface area contributed by atoms with Crippen LogP contribution in [0.2, 0.25) is 10.0 Å². The monoisotopic (exact) mass is 324 g/mol. The lowest BCUT2D eigenvalue weighted by Crippen LogP contribution is -2.06. The molecule has 2 rings (SSSR count). The standard InChI is InChI=1S/C15H10Cl2O4/c1-3-14(19)21-15-10-5-4-9(16)6-11(10)13(7-12(15)17)20-8(2)18/h3-7H,1H2,2H3. The Morgan fingerprint density at radius 3 is 2.48 bits per heavy atom. The van der Waals surface area contributed by atoms with Crippen LogP contribution in [0.25, 0.3) is 10.8 Å². The van der Waals surface area contributed by atoms with Crippen LogP contribution in [0.3, 0.4) is 0 Å². The normalized spacial score (nSPS) is 10.2. The number of carbonyl (C=O) groups excluding carboxylic acids is 2. The predicted octanol–water partition coefficient (Wildman–Crippen LogP) is 4.16. The minimum Gasteiger partial charge on any atom is -0.426 e. The molecule has 0 spiro atoms. The van der Waals surface area contributed by atoms with Crippen molar-refractivity contribution < 1.29 is 19.1 Å². The Kier molecular flexibility index (Phi) is 4.50. The van der Waals surface area contributed by atoms with Gasteiger partial charge in [0.15, 0.2) is 5.75 Å². The fraction of sp³-hybridized carbons (Fsp3) is 0.0667. The largest absolute Gasteiger partial charge is 0.426 e. The molecule has 0 aliphatic heterocycles. The number of hydrogen-bond donors (Lipinski definition) is 0. The summed E-state index contributed by atoms with van der Waals surface area (Å²) in [5.74, 6) is -0.746. The minimum atomic E-state index is -0.645. The van der Waals surface area contributed by atoms with Gasteiger partial charge in [0.25, 0.3) is 0 Å². The molecule has 0 saturated heterocycles. The van der Waals surface area contributed by atoms with E-state index < -0.39 is 11.9 Å². The van der Waals surface area contributed by atoms with E-state index in [0.29, 0.717) is 15.8 Å². The molecule has 108 valence electrons. The van der Waals surface area contributed by atoms with Gasteiger partial charge in [0.1, 0.15) is 5.75 Å². The third-order valence-electron chi connectivity index (χ3n) is 2.59. The predicted molar refractivity (Wildman–Crippen MR) is 81.1 cm³/mol. The lowest BCUT2D eigenvalue weighted by atomic mass is 10.1. The highest BCUT2D eigenvalue weighted by molar-refractivity contribution is 6.34. The van der Waals surface area contributed by atoms with Crippen LogP contribution < -0.4 is 9.47 Å². The van der Waals surface area contributed by atoms with E-state index in [4.69, 9.17) is 32.7 Å². The van der Waals surface area contributed by atoms with E-state index in [-0.39, 0.29) is 16.5 Å². The van der Waals surface area contributed by atoms with Crippen molar-refractivity contribution in [2.24, 2.45) is 0 Å². The van der Waals surface area contributed by atoms with E-state index in [2.05, 4.69) is 6.58 Å². The highest BCUT2D eigenvalue weighted by atomic mass is 35.5. The van der Waals surface area contributed by atoms with Crippen LogP contribution in [0.1, 0.15) is 6.92 Å². The van der Waals surface area contributed by atoms with Crippen LogP contribution in [-0.4, -0.2) is 11.9 Å². The number of ether oxygens (including phenoxy) is 2. The topological polar surface area (TPSA) is 52.6 Å². The summed E-state index contributed by atoms with van der Waals surface area (Å²) in [7, 11) is 0. The van der Waals surface area contributed by atoms with E-state index >= 15 is 0 Å². The molecule has 0 fully saturated rings. The van der Waals surface area contributed by atoms with Crippen molar-refractivity contribution in [1.29, 1.82) is 0 Å². The second-order valence-electron chi connectivity index (χ2n) is 4.09. The zero-order valence-electron chi connectivity index (χ0n) is 11.0. The van der Waals surface area contributed by atoms with E-state index in [9.17, 15) is 9.59 Å². The van der Waals surface area contributed by atoms with E-state index in [1.54, 1.807) is 18.2 Å². The Bertz CT molecular complexity index is 753. The number of esters is 2. The molecule has 0 amide bonds. The molecule has 0 unspecified atom stereocenters. The van der Waals surface area contributed by atoms with E-state index in [0.717, 1.165) is 6.08 Å². The van der Waals surface area contributed by atoms with Crippen molar-refractivity contribution in [2.45, 2.75) is 6.92 Å². The van der Waals surface area contributed by atoms with Crippen molar-refractivity contribution in [1.82, 2.24) is 0 Å². The molecule has 0 aromatic heterocycles. The van der Waals surface area contributed by atoms with Crippen molar-refractivity contribution >= 4 is 45.9 Å². The van der Waals surface area contributed by atoms with Gasteiger partial charge in [0.2, 0.25) is 0 Å². The molecule has 0 N–H and O–H groups in total. The second-order valence-corrected chi connectivity index (χ2v) is 4.94. The molecule has 0 heterocycles. The lowest BCUT2D eigenvalue weighted by molar-refractivity contribution is -0.132. The highest BCUT2D eigenvalue weighted by Crippen LogP contribution is 2.40. The van der Waals surface area contributed by atoms with Crippen LogP contribution in [0.5, 0.6) is 11.5 Å². The first-order valence-electron chi connectivity index (χ1n) is 5.87. The smallest absolute Gasteiger partial charge is 0.335 e. The van der Waals surface area contributed by atoms with Crippen LogP contribution in [0.4, 0.5) is 0 Å². The average Bonchev–Trinajstić information content (AvgIpc) is 2.42. The molecule has 0 bridgehead atoms. The van der Waals surface area contributed by atoms with Crippen LogP contribution in [0, 0.1) is 0 Å². The zero-order chi connectivity index (χ0) is 15.6. The van der Waals surface area contributed by atoms with Crippen molar-refractivity contribution in [3.63, 3.8) is 0 Å². The molecule has 0 aliphatic rings. The van der Waals surface area contributed by atoms with Crippen molar-refractivity contribution in [3.05, 3.63) is 47.0 Å². The SMILES string of the molecule is C=CC(=O)Oc1c(Cl)cc(OC(C)=O)c2cc(Cl)ccc12. The maximum absolute atomic E-state index is 11.4. The van der Waals surface area contributed by atoms with Crippen LogP contribution >= 0.6 is 23.2 Å². The number of rotatable bonds is 3. The quantitative estimate of drug-likeness (QED) is 0.483. The zero-order valence-corrected chi connectivity index (χ0v) is 12.5. The summed E-state index contributed by atoms with van der Waals surface area (Å²) in [4.78, 5) is 22.6. The van der Waals surface area contributed by atoms with Gasteiger partial charge in [-0.25, -0.2) is 4.79 Å². The number of hydrogen-bond acceptors (Lipinski definition) is 4. The first-order valence-corrected chi connectivity index (χ1v) is 6.62. The number of benzene rings is 2. The molecule has 0 aliphatic carbocycles. The summed E-state index contributed by atoms with van der Waals surface area (Å²) in [6.07, 6.45) is 1.03. The number of fused-ring (bicyclic) bond motifs is 1. The maximum Gasteiger partial charge on any atom is 0.335 e. The van der Waals surface area contributed by atoms with Gasteiger partial charge in [-0.1, -0.05) is 29.8 Å². The Balaban J connectivity index is 2.71. The van der Waals surface area contributed by atoms with Gasteiger partial charge in [-0.3, -0.25) is 4.79 Å². The average molecular weight is 325 g/mol. The molecule has 21 heavy (non-hydrogen) atoms. The van der Waals surface area contributed by atoms with E-state index in [1.807, 2.05) is 0 Å². The first-order chi connectivity index (χ1) is 9.92. The molecule has 2 aromatic rings. The first kappa shape index (κ1) is 15.4. The molecule has 4 nitrogen and oxygen atoms in total. The Labute approximate surface area is 130 Å². The van der Waals surface area contributed by atoms with Gasteiger partial charge < -0.3 is 9.47 Å². The molecule has 0 atom stereocenters. The van der Waals surface area contributed by atoms with Crippen molar-refractivity contribution in [3.8, 4) is 11.5 Å². The number of halogens is 2. The summed E-state index contributed by atoms with van der Waals surface area (Å²) in [5.41, 5.74) is 0. The molecule has 0 radical (unpaired) electrons. The van der Waals surface area contributed by atoms with E-state index in [1.165, 1.54) is 13.0 Å². The van der Waals surface area contributed by atoms with Gasteiger partial charge in [-0.05, 0) is 18.2 Å². The van der Waals surface area contributed by atoms with Gasteiger partial charge >= 0.3 is 11.9 Å². The summed E-state index contributed by atoms with van der Waals surface area (Å²) in [6.45, 7) is 4.60. The second kappa shape index (κ2) is 6.16. The Morgan fingerprint density at radius 1 is 1.14 bits per heavy atom. The van der Waals surface area contributed by atoms with Gasteiger partial charge in [-0.2, -0.15) is 0 Å². The molecule has 0 saturated carbocycles. The molecular formula is C15H10Cl2O4. The van der Waals surface area contributed by atoms with Gasteiger partial charge in [0.05, 0.1) is 5.02 Å². The summed E-state index contributed by atoms with van der Waals surface area (Å²) < 4.78 is 10.2. The highest BCUT2D eigenvalue weighted by Gasteiger charge is 2.16. The minimum absolute atomic E-state index is 0.135. The summed E-state index contributed by atoms with van der Waals surface area (Å²) in [6, 6.07) is 6.23. The Hall–Kier alpha value is -2.04. The molecular weight excluding hydrogens is 315 g/mol.